The first kappa shape index (κ1) is 21.5. The average Bonchev–Trinajstić information content (AvgIpc) is 2.82. The number of nitrogens with one attached hydrogen (secondary N) is 1. The average molecular weight is 434 g/mol. The van der Waals surface area contributed by atoms with E-state index in [0.29, 0.717) is 31.9 Å². The largest absolute Gasteiger partial charge is 0.369 e. The zero-order valence-electron chi connectivity index (χ0n) is 17.4. The highest BCUT2D eigenvalue weighted by atomic mass is 19.1. The first-order chi connectivity index (χ1) is 15.5. The fourth-order valence-corrected chi connectivity index (χ4v) is 3.93. The Morgan fingerprint density at radius 2 is 1.53 bits per heavy atom. The van der Waals surface area contributed by atoms with Crippen molar-refractivity contribution in [2.75, 3.05) is 36.4 Å². The van der Waals surface area contributed by atoms with E-state index in [4.69, 9.17) is 0 Å². The third-order valence-electron chi connectivity index (χ3n) is 5.58. The molecule has 164 valence electrons. The van der Waals surface area contributed by atoms with E-state index < -0.39 is 11.0 Å². The topological polar surface area (TPSA) is 78.7 Å². The predicted octanol–water partition coefficient (Wildman–Crippen LogP) is 4.24. The quantitative estimate of drug-likeness (QED) is 0.464. The van der Waals surface area contributed by atoms with Crippen LogP contribution in [0.1, 0.15) is 11.6 Å². The summed E-state index contributed by atoms with van der Waals surface area (Å²) in [6, 6.07) is 21.3. The second kappa shape index (κ2) is 9.57. The van der Waals surface area contributed by atoms with Crippen molar-refractivity contribution in [1.29, 1.82) is 0 Å². The third kappa shape index (κ3) is 4.92. The fraction of sp³-hybridized carbons (Fsp3) is 0.208. The number of hydrogen-bond acceptors (Lipinski definition) is 5. The van der Waals surface area contributed by atoms with Gasteiger partial charge in [-0.1, -0.05) is 30.3 Å². The van der Waals surface area contributed by atoms with Gasteiger partial charge in [0.25, 0.3) is 5.69 Å². The Morgan fingerprint density at radius 3 is 2.12 bits per heavy atom. The molecule has 1 heterocycles. The van der Waals surface area contributed by atoms with Gasteiger partial charge in [-0.2, -0.15) is 0 Å². The van der Waals surface area contributed by atoms with Crippen molar-refractivity contribution in [3.63, 3.8) is 0 Å². The first-order valence-electron chi connectivity index (χ1n) is 10.4. The Kier molecular flexibility index (Phi) is 6.42. The summed E-state index contributed by atoms with van der Waals surface area (Å²) in [6.45, 7) is 2.66. The van der Waals surface area contributed by atoms with Crippen molar-refractivity contribution in [2.24, 2.45) is 0 Å². The van der Waals surface area contributed by atoms with Gasteiger partial charge in [0.15, 0.2) is 0 Å². The maximum Gasteiger partial charge on any atom is 0.269 e. The Labute approximate surface area is 185 Å². The van der Waals surface area contributed by atoms with Gasteiger partial charge in [-0.25, -0.2) is 4.39 Å². The van der Waals surface area contributed by atoms with Crippen LogP contribution in [0.15, 0.2) is 78.9 Å². The summed E-state index contributed by atoms with van der Waals surface area (Å²) in [6.07, 6.45) is 0. The molecule has 0 aliphatic carbocycles. The summed E-state index contributed by atoms with van der Waals surface area (Å²) >= 11 is 0. The van der Waals surface area contributed by atoms with E-state index in [-0.39, 0.29) is 17.4 Å². The van der Waals surface area contributed by atoms with E-state index in [0.717, 1.165) is 11.3 Å². The van der Waals surface area contributed by atoms with Crippen LogP contribution in [0.2, 0.25) is 0 Å². The highest BCUT2D eigenvalue weighted by molar-refractivity contribution is 5.95. The molecule has 1 saturated heterocycles. The molecule has 0 radical (unpaired) electrons. The van der Waals surface area contributed by atoms with Crippen LogP contribution in [-0.2, 0) is 4.79 Å². The SMILES string of the molecule is O=C(Nc1ccc(F)cc1)[C@@H](c1ccccc1)N1CCN(c2ccc([N+](=O)[O-])cc2)CC1. The second-order valence-electron chi connectivity index (χ2n) is 7.61. The smallest absolute Gasteiger partial charge is 0.269 e. The minimum Gasteiger partial charge on any atom is -0.369 e. The maximum atomic E-state index is 13.2. The molecular weight excluding hydrogens is 411 g/mol. The number of benzene rings is 3. The summed E-state index contributed by atoms with van der Waals surface area (Å²) < 4.78 is 13.2. The van der Waals surface area contributed by atoms with E-state index in [1.807, 2.05) is 30.3 Å². The summed E-state index contributed by atoms with van der Waals surface area (Å²) in [7, 11) is 0. The number of rotatable bonds is 6. The number of nitro benzene ring substituents is 1. The molecule has 1 aliphatic heterocycles. The van der Waals surface area contributed by atoms with E-state index in [1.54, 1.807) is 24.3 Å². The molecule has 1 aliphatic rings. The molecule has 0 spiro atoms. The van der Waals surface area contributed by atoms with E-state index in [1.165, 1.54) is 24.3 Å². The van der Waals surface area contributed by atoms with Crippen LogP contribution >= 0.6 is 0 Å². The number of amides is 1. The van der Waals surface area contributed by atoms with Crippen molar-refractivity contribution in [1.82, 2.24) is 4.90 Å². The Bertz CT molecular complexity index is 1070. The molecule has 0 saturated carbocycles. The number of carbonyl (C=O) groups excluding carboxylic acids is 1. The van der Waals surface area contributed by atoms with Crippen molar-refractivity contribution in [3.8, 4) is 0 Å². The molecule has 7 nitrogen and oxygen atoms in total. The van der Waals surface area contributed by atoms with Crippen LogP contribution in [0.5, 0.6) is 0 Å². The maximum absolute atomic E-state index is 13.2. The van der Waals surface area contributed by atoms with E-state index >= 15 is 0 Å². The fourth-order valence-electron chi connectivity index (χ4n) is 3.93. The predicted molar refractivity (Wildman–Crippen MR) is 121 cm³/mol. The van der Waals surface area contributed by atoms with Gasteiger partial charge in [0.05, 0.1) is 4.92 Å². The molecule has 0 unspecified atom stereocenters. The minimum atomic E-state index is -0.486. The van der Waals surface area contributed by atoms with Gasteiger partial charge in [0.2, 0.25) is 5.91 Å². The number of non-ortho nitro benzene ring substituents is 1. The number of nitrogens with zero attached hydrogens (tertiary/aromatic N) is 3. The van der Waals surface area contributed by atoms with Crippen molar-refractivity contribution in [3.05, 3.63) is 100 Å². The first-order valence-corrected chi connectivity index (χ1v) is 10.4. The highest BCUT2D eigenvalue weighted by Crippen LogP contribution is 2.27. The van der Waals surface area contributed by atoms with Gasteiger partial charge in [-0.05, 0) is 42.0 Å². The lowest BCUT2D eigenvalue weighted by Crippen LogP contribution is -2.50. The highest BCUT2D eigenvalue weighted by Gasteiger charge is 2.30. The number of halogens is 1. The zero-order valence-corrected chi connectivity index (χ0v) is 17.4. The van der Waals surface area contributed by atoms with Gasteiger partial charge in [-0.3, -0.25) is 19.8 Å². The summed E-state index contributed by atoms with van der Waals surface area (Å²) in [5.74, 6) is -0.531. The molecule has 0 aromatic heterocycles. The van der Waals surface area contributed by atoms with E-state index in [2.05, 4.69) is 15.1 Å². The molecule has 1 amide bonds. The normalized spacial score (nSPS) is 15.2. The van der Waals surface area contributed by atoms with Gasteiger partial charge in [-0.15, -0.1) is 0 Å². The van der Waals surface area contributed by atoms with Crippen molar-refractivity contribution in [2.45, 2.75) is 6.04 Å². The Morgan fingerprint density at radius 1 is 0.906 bits per heavy atom. The Balaban J connectivity index is 1.48. The molecule has 1 N–H and O–H groups in total. The number of piperazine rings is 1. The number of nitro groups is 1. The molecule has 8 heteroatoms. The molecule has 4 rings (SSSR count). The molecule has 0 bridgehead atoms. The molecular formula is C24H23FN4O3. The standard InChI is InChI=1S/C24H23FN4O3/c25-19-6-8-20(9-7-19)26-24(30)23(18-4-2-1-3-5-18)28-16-14-27(15-17-28)21-10-12-22(13-11-21)29(31)32/h1-13,23H,14-17H2,(H,26,30)/t23-/m1/s1. The lowest BCUT2D eigenvalue weighted by molar-refractivity contribution is -0.384. The van der Waals surface area contributed by atoms with Crippen LogP contribution < -0.4 is 10.2 Å². The van der Waals surface area contributed by atoms with Gasteiger partial charge in [0.1, 0.15) is 11.9 Å². The molecule has 1 atom stereocenters. The lowest BCUT2D eigenvalue weighted by Gasteiger charge is -2.39. The zero-order chi connectivity index (χ0) is 22.5. The third-order valence-corrected chi connectivity index (χ3v) is 5.58. The van der Waals surface area contributed by atoms with Crippen LogP contribution in [0.3, 0.4) is 0 Å². The van der Waals surface area contributed by atoms with Crippen LogP contribution in [0.25, 0.3) is 0 Å². The monoisotopic (exact) mass is 434 g/mol. The number of anilines is 2. The summed E-state index contributed by atoms with van der Waals surface area (Å²) in [5, 5.41) is 13.8. The molecule has 3 aromatic carbocycles. The number of carbonyl (C=O) groups is 1. The Hall–Kier alpha value is -3.78. The minimum absolute atomic E-state index is 0.0639. The van der Waals surface area contributed by atoms with Crippen LogP contribution in [-0.4, -0.2) is 41.9 Å². The summed E-state index contributed by atoms with van der Waals surface area (Å²) in [4.78, 5) is 28.0. The van der Waals surface area contributed by atoms with Gasteiger partial charge >= 0.3 is 0 Å². The van der Waals surface area contributed by atoms with Crippen LogP contribution in [0, 0.1) is 15.9 Å². The van der Waals surface area contributed by atoms with Crippen molar-refractivity contribution < 1.29 is 14.1 Å². The lowest BCUT2D eigenvalue weighted by atomic mass is 10.0. The summed E-state index contributed by atoms with van der Waals surface area (Å²) in [5.41, 5.74) is 2.41. The molecule has 32 heavy (non-hydrogen) atoms. The molecule has 3 aromatic rings. The van der Waals surface area contributed by atoms with Crippen LogP contribution in [0.4, 0.5) is 21.5 Å². The van der Waals surface area contributed by atoms with Gasteiger partial charge < -0.3 is 10.2 Å². The second-order valence-corrected chi connectivity index (χ2v) is 7.61. The van der Waals surface area contributed by atoms with E-state index in [9.17, 15) is 19.3 Å². The number of hydrogen-bond donors (Lipinski definition) is 1. The van der Waals surface area contributed by atoms with Gasteiger partial charge in [0, 0.05) is 49.7 Å². The molecule has 1 fully saturated rings. The van der Waals surface area contributed by atoms with Crippen molar-refractivity contribution >= 4 is 23.0 Å².